The van der Waals surface area contributed by atoms with E-state index in [9.17, 15) is 0 Å². The standard InChI is InChI=1S/C15H26N4/c1-4-12(2)14-10-19(13(3)6-9-16-14)11-15-17-7-5-8-18-15/h5,7-8,12-14,16H,4,6,9-11H2,1-3H3. The van der Waals surface area contributed by atoms with Crippen LogP contribution in [-0.4, -0.2) is 40.0 Å². The van der Waals surface area contributed by atoms with Crippen LogP contribution in [-0.2, 0) is 6.54 Å². The summed E-state index contributed by atoms with van der Waals surface area (Å²) in [5.41, 5.74) is 0. The highest BCUT2D eigenvalue weighted by molar-refractivity contribution is 4.91. The van der Waals surface area contributed by atoms with E-state index in [1.54, 1.807) is 0 Å². The SMILES string of the molecule is CCC(C)C1CN(Cc2ncccn2)C(C)CCN1. The summed E-state index contributed by atoms with van der Waals surface area (Å²) < 4.78 is 0. The van der Waals surface area contributed by atoms with Crippen molar-refractivity contribution in [3.63, 3.8) is 0 Å². The van der Waals surface area contributed by atoms with E-state index in [1.165, 1.54) is 12.8 Å². The lowest BCUT2D eigenvalue weighted by molar-refractivity contribution is 0.176. The first-order valence-electron chi connectivity index (χ1n) is 7.44. The maximum atomic E-state index is 4.35. The average Bonchev–Trinajstić information content (AvgIpc) is 2.62. The molecule has 3 atom stereocenters. The zero-order chi connectivity index (χ0) is 13.7. The molecular formula is C15H26N4. The highest BCUT2D eigenvalue weighted by Gasteiger charge is 2.26. The zero-order valence-electron chi connectivity index (χ0n) is 12.3. The Morgan fingerprint density at radius 2 is 2.16 bits per heavy atom. The summed E-state index contributed by atoms with van der Waals surface area (Å²) >= 11 is 0. The van der Waals surface area contributed by atoms with E-state index in [0.29, 0.717) is 18.0 Å². The van der Waals surface area contributed by atoms with Crippen molar-refractivity contribution in [2.24, 2.45) is 5.92 Å². The van der Waals surface area contributed by atoms with E-state index in [1.807, 2.05) is 18.5 Å². The second-order valence-electron chi connectivity index (χ2n) is 5.68. The van der Waals surface area contributed by atoms with Gasteiger partial charge in [-0.2, -0.15) is 0 Å². The molecule has 1 aromatic heterocycles. The lowest BCUT2D eigenvalue weighted by Crippen LogP contribution is -2.43. The van der Waals surface area contributed by atoms with Crippen LogP contribution >= 0.6 is 0 Å². The maximum absolute atomic E-state index is 4.35. The van der Waals surface area contributed by atoms with Gasteiger partial charge in [0.05, 0.1) is 6.54 Å². The summed E-state index contributed by atoms with van der Waals surface area (Å²) in [5.74, 6) is 1.64. The average molecular weight is 262 g/mol. The number of hydrogen-bond donors (Lipinski definition) is 1. The predicted molar refractivity (Wildman–Crippen MR) is 77.8 cm³/mol. The van der Waals surface area contributed by atoms with E-state index in [-0.39, 0.29) is 0 Å². The van der Waals surface area contributed by atoms with E-state index in [2.05, 4.69) is 41.0 Å². The molecule has 0 aromatic carbocycles. The fourth-order valence-electron chi connectivity index (χ4n) is 2.64. The smallest absolute Gasteiger partial charge is 0.142 e. The van der Waals surface area contributed by atoms with Gasteiger partial charge in [0.25, 0.3) is 0 Å². The van der Waals surface area contributed by atoms with Crippen LogP contribution in [0, 0.1) is 5.92 Å². The topological polar surface area (TPSA) is 41.1 Å². The van der Waals surface area contributed by atoms with Crippen LogP contribution in [0.15, 0.2) is 18.5 Å². The Balaban J connectivity index is 2.03. The second-order valence-corrected chi connectivity index (χ2v) is 5.68. The molecule has 1 N–H and O–H groups in total. The minimum atomic E-state index is 0.582. The Kier molecular flexibility index (Phi) is 5.28. The fraction of sp³-hybridized carbons (Fsp3) is 0.733. The normalized spacial score (nSPS) is 26.9. The highest BCUT2D eigenvalue weighted by Crippen LogP contribution is 2.17. The molecule has 0 bridgehead atoms. The van der Waals surface area contributed by atoms with Gasteiger partial charge in [0.1, 0.15) is 5.82 Å². The molecule has 1 aliphatic heterocycles. The molecule has 4 heteroatoms. The van der Waals surface area contributed by atoms with Crippen LogP contribution in [0.2, 0.25) is 0 Å². The lowest BCUT2D eigenvalue weighted by Gasteiger charge is -2.30. The molecule has 0 amide bonds. The van der Waals surface area contributed by atoms with Gasteiger partial charge in [-0.15, -0.1) is 0 Å². The number of nitrogens with zero attached hydrogens (tertiary/aromatic N) is 3. The lowest BCUT2D eigenvalue weighted by atomic mass is 9.99. The van der Waals surface area contributed by atoms with Crippen molar-refractivity contribution in [1.29, 1.82) is 0 Å². The number of hydrogen-bond acceptors (Lipinski definition) is 4. The van der Waals surface area contributed by atoms with Gasteiger partial charge in [-0.25, -0.2) is 9.97 Å². The van der Waals surface area contributed by atoms with Gasteiger partial charge in [0, 0.05) is 31.0 Å². The molecule has 3 unspecified atom stereocenters. The minimum absolute atomic E-state index is 0.582. The first-order valence-corrected chi connectivity index (χ1v) is 7.44. The van der Waals surface area contributed by atoms with Crippen LogP contribution in [0.25, 0.3) is 0 Å². The Morgan fingerprint density at radius 1 is 1.42 bits per heavy atom. The van der Waals surface area contributed by atoms with Crippen LogP contribution in [0.5, 0.6) is 0 Å². The van der Waals surface area contributed by atoms with Gasteiger partial charge in [0.2, 0.25) is 0 Å². The number of aromatic nitrogens is 2. The van der Waals surface area contributed by atoms with Crippen molar-refractivity contribution < 1.29 is 0 Å². The largest absolute Gasteiger partial charge is 0.312 e. The first kappa shape index (κ1) is 14.4. The van der Waals surface area contributed by atoms with Crippen LogP contribution in [0.4, 0.5) is 0 Å². The molecular weight excluding hydrogens is 236 g/mol. The molecule has 19 heavy (non-hydrogen) atoms. The quantitative estimate of drug-likeness (QED) is 0.902. The summed E-state index contributed by atoms with van der Waals surface area (Å²) in [4.78, 5) is 11.2. The molecule has 2 heterocycles. The molecule has 1 aliphatic rings. The third kappa shape index (κ3) is 3.98. The summed E-state index contributed by atoms with van der Waals surface area (Å²) in [6.45, 7) is 9.98. The number of rotatable bonds is 4. The molecule has 1 saturated heterocycles. The van der Waals surface area contributed by atoms with E-state index in [0.717, 1.165) is 25.5 Å². The van der Waals surface area contributed by atoms with Gasteiger partial charge in [-0.3, -0.25) is 4.90 Å². The van der Waals surface area contributed by atoms with Crippen LogP contribution in [0.3, 0.4) is 0 Å². The van der Waals surface area contributed by atoms with Crippen molar-refractivity contribution in [3.8, 4) is 0 Å². The fourth-order valence-corrected chi connectivity index (χ4v) is 2.64. The number of nitrogens with one attached hydrogen (secondary N) is 1. The van der Waals surface area contributed by atoms with Crippen molar-refractivity contribution in [2.75, 3.05) is 13.1 Å². The monoisotopic (exact) mass is 262 g/mol. The van der Waals surface area contributed by atoms with E-state index >= 15 is 0 Å². The highest BCUT2D eigenvalue weighted by atomic mass is 15.2. The van der Waals surface area contributed by atoms with Crippen LogP contribution in [0.1, 0.15) is 39.4 Å². The molecule has 0 saturated carbocycles. The van der Waals surface area contributed by atoms with Crippen molar-refractivity contribution in [1.82, 2.24) is 20.2 Å². The van der Waals surface area contributed by atoms with Crippen LogP contribution < -0.4 is 5.32 Å². The maximum Gasteiger partial charge on any atom is 0.142 e. The third-order valence-electron chi connectivity index (χ3n) is 4.32. The van der Waals surface area contributed by atoms with E-state index in [4.69, 9.17) is 0 Å². The summed E-state index contributed by atoms with van der Waals surface area (Å²) in [5, 5.41) is 3.70. The molecule has 106 valence electrons. The molecule has 0 spiro atoms. The zero-order valence-corrected chi connectivity index (χ0v) is 12.3. The van der Waals surface area contributed by atoms with Crippen molar-refractivity contribution >= 4 is 0 Å². The van der Waals surface area contributed by atoms with Gasteiger partial charge in [0.15, 0.2) is 0 Å². The Morgan fingerprint density at radius 3 is 2.84 bits per heavy atom. The van der Waals surface area contributed by atoms with Gasteiger partial charge < -0.3 is 5.32 Å². The third-order valence-corrected chi connectivity index (χ3v) is 4.32. The molecule has 0 aliphatic carbocycles. The minimum Gasteiger partial charge on any atom is -0.312 e. The summed E-state index contributed by atoms with van der Waals surface area (Å²) in [6.07, 6.45) is 6.08. The summed E-state index contributed by atoms with van der Waals surface area (Å²) in [6, 6.07) is 3.04. The van der Waals surface area contributed by atoms with Gasteiger partial charge in [-0.1, -0.05) is 20.3 Å². The van der Waals surface area contributed by atoms with Gasteiger partial charge in [-0.05, 0) is 31.9 Å². The Hall–Kier alpha value is -1.00. The molecule has 2 rings (SSSR count). The molecule has 4 nitrogen and oxygen atoms in total. The summed E-state index contributed by atoms with van der Waals surface area (Å²) in [7, 11) is 0. The molecule has 1 fully saturated rings. The molecule has 1 aromatic rings. The molecule has 0 radical (unpaired) electrons. The van der Waals surface area contributed by atoms with Gasteiger partial charge >= 0.3 is 0 Å². The Labute approximate surface area is 116 Å². The predicted octanol–water partition coefficient (Wildman–Crippen LogP) is 2.08. The second kappa shape index (κ2) is 6.96. The van der Waals surface area contributed by atoms with Crippen molar-refractivity contribution in [2.45, 2.75) is 52.2 Å². The van der Waals surface area contributed by atoms with Crippen molar-refractivity contribution in [3.05, 3.63) is 24.3 Å². The Bertz CT molecular complexity index is 368. The first-order chi connectivity index (χ1) is 9.20. The van der Waals surface area contributed by atoms with E-state index < -0.39 is 0 Å².